The van der Waals surface area contributed by atoms with E-state index in [-0.39, 0.29) is 30.1 Å². The first-order valence-corrected chi connectivity index (χ1v) is 11.4. The van der Waals surface area contributed by atoms with E-state index in [1.54, 1.807) is 19.2 Å². The van der Waals surface area contributed by atoms with Gasteiger partial charge in [-0.05, 0) is 29.7 Å². The Bertz CT molecular complexity index is 1010. The number of morpholine rings is 1. The highest BCUT2D eigenvalue weighted by Gasteiger charge is 2.26. The fraction of sp³-hybridized carbons (Fsp3) is 0.409. The zero-order chi connectivity index (χ0) is 21.7. The van der Waals surface area contributed by atoms with Crippen molar-refractivity contribution in [1.82, 2.24) is 14.5 Å². The van der Waals surface area contributed by atoms with Crippen molar-refractivity contribution in [2.45, 2.75) is 24.5 Å². The van der Waals surface area contributed by atoms with E-state index in [2.05, 4.69) is 34.3 Å². The molecule has 1 fully saturated rings. The second-order valence-electron chi connectivity index (χ2n) is 7.46. The largest absolute Gasteiger partial charge is 0.370 e. The molecular weight excluding hydrogens is 527 g/mol. The lowest BCUT2D eigenvalue weighted by molar-refractivity contribution is -0.00834. The summed E-state index contributed by atoms with van der Waals surface area (Å²) in [6.07, 6.45) is -0.0279. The maximum absolute atomic E-state index is 12.6. The van der Waals surface area contributed by atoms with Gasteiger partial charge in [0.05, 0.1) is 18.0 Å². The Morgan fingerprint density at radius 2 is 1.87 bits per heavy atom. The standard InChI is InChI=1S/C22H30N4O3S.HI/c1-17-9-5-7-11-19(17)20-16-26(13-14-29-20)22(23-2)24-15-18-10-6-8-12-21(18)30(27,28)25(3)4;/h5-12,20H,13-16H2,1-4H3,(H,23,24);1H. The summed E-state index contributed by atoms with van der Waals surface area (Å²) in [7, 11) is 1.30. The fourth-order valence-corrected chi connectivity index (χ4v) is 4.70. The number of rotatable bonds is 5. The Morgan fingerprint density at radius 1 is 1.19 bits per heavy atom. The van der Waals surface area contributed by atoms with Crippen molar-refractivity contribution in [2.24, 2.45) is 4.99 Å². The molecule has 1 N–H and O–H groups in total. The quantitative estimate of drug-likeness (QED) is 0.347. The van der Waals surface area contributed by atoms with Crippen LogP contribution in [0.3, 0.4) is 0 Å². The van der Waals surface area contributed by atoms with Crippen molar-refractivity contribution < 1.29 is 13.2 Å². The first-order chi connectivity index (χ1) is 14.3. The number of ether oxygens (including phenoxy) is 1. The summed E-state index contributed by atoms with van der Waals surface area (Å²) >= 11 is 0. The Balaban J connectivity index is 0.00000341. The highest BCUT2D eigenvalue weighted by Crippen LogP contribution is 2.25. The Kier molecular flexibility index (Phi) is 9.28. The van der Waals surface area contributed by atoms with Crippen LogP contribution in [0, 0.1) is 6.92 Å². The minimum atomic E-state index is -3.52. The van der Waals surface area contributed by atoms with Crippen LogP contribution >= 0.6 is 24.0 Å². The Morgan fingerprint density at radius 3 is 2.55 bits per heavy atom. The fourth-order valence-electron chi connectivity index (χ4n) is 3.58. The second kappa shape index (κ2) is 11.3. The first kappa shape index (κ1) is 25.6. The predicted octanol–water partition coefficient (Wildman–Crippen LogP) is 3.01. The molecule has 1 heterocycles. The molecule has 1 aliphatic rings. The lowest BCUT2D eigenvalue weighted by atomic mass is 10.0. The minimum absolute atomic E-state index is 0. The molecule has 2 aromatic carbocycles. The zero-order valence-electron chi connectivity index (χ0n) is 18.4. The monoisotopic (exact) mass is 558 g/mol. The molecule has 7 nitrogen and oxygen atoms in total. The summed E-state index contributed by atoms with van der Waals surface area (Å²) in [5.41, 5.74) is 3.09. The third-order valence-corrected chi connectivity index (χ3v) is 7.20. The maximum atomic E-state index is 12.6. The van der Waals surface area contributed by atoms with Gasteiger partial charge in [0.2, 0.25) is 10.0 Å². The molecular formula is C22H31IN4O3S. The predicted molar refractivity (Wildman–Crippen MR) is 134 cm³/mol. The molecule has 170 valence electrons. The van der Waals surface area contributed by atoms with Gasteiger partial charge < -0.3 is 15.0 Å². The van der Waals surface area contributed by atoms with Gasteiger partial charge >= 0.3 is 0 Å². The van der Waals surface area contributed by atoms with Crippen LogP contribution in [0.5, 0.6) is 0 Å². The highest BCUT2D eigenvalue weighted by atomic mass is 127. The molecule has 0 spiro atoms. The van der Waals surface area contributed by atoms with E-state index in [9.17, 15) is 8.42 Å². The smallest absolute Gasteiger partial charge is 0.242 e. The topological polar surface area (TPSA) is 74.2 Å². The van der Waals surface area contributed by atoms with Crippen LogP contribution in [0.15, 0.2) is 58.4 Å². The highest BCUT2D eigenvalue weighted by molar-refractivity contribution is 14.0. The molecule has 31 heavy (non-hydrogen) atoms. The van der Waals surface area contributed by atoms with Crippen molar-refractivity contribution >= 4 is 40.0 Å². The summed E-state index contributed by atoms with van der Waals surface area (Å²) in [5, 5.41) is 3.33. The van der Waals surface area contributed by atoms with Crippen molar-refractivity contribution in [3.05, 3.63) is 65.2 Å². The Hall–Kier alpha value is -1.69. The molecule has 1 saturated heterocycles. The van der Waals surface area contributed by atoms with Gasteiger partial charge in [0.15, 0.2) is 5.96 Å². The van der Waals surface area contributed by atoms with Gasteiger partial charge in [0.1, 0.15) is 6.10 Å². The molecule has 0 aliphatic carbocycles. The molecule has 3 rings (SSSR count). The number of benzene rings is 2. The molecule has 0 saturated carbocycles. The average molecular weight is 558 g/mol. The molecule has 2 aromatic rings. The number of guanidine groups is 1. The van der Waals surface area contributed by atoms with Crippen LogP contribution in [0.4, 0.5) is 0 Å². The molecule has 0 aromatic heterocycles. The van der Waals surface area contributed by atoms with E-state index in [0.717, 1.165) is 12.5 Å². The van der Waals surface area contributed by atoms with Gasteiger partial charge in [-0.25, -0.2) is 12.7 Å². The van der Waals surface area contributed by atoms with Crippen LogP contribution in [0.2, 0.25) is 0 Å². The van der Waals surface area contributed by atoms with Gasteiger partial charge in [-0.3, -0.25) is 4.99 Å². The number of sulfonamides is 1. The molecule has 0 bridgehead atoms. The first-order valence-electron chi connectivity index (χ1n) is 9.97. The van der Waals surface area contributed by atoms with Gasteiger partial charge in [-0.15, -0.1) is 24.0 Å². The molecule has 9 heteroatoms. The van der Waals surface area contributed by atoms with Crippen LogP contribution < -0.4 is 5.32 Å². The van der Waals surface area contributed by atoms with Gasteiger partial charge in [0.25, 0.3) is 0 Å². The van der Waals surface area contributed by atoms with Crippen molar-refractivity contribution in [1.29, 1.82) is 0 Å². The molecule has 1 unspecified atom stereocenters. The van der Waals surface area contributed by atoms with E-state index in [1.165, 1.54) is 29.5 Å². The summed E-state index contributed by atoms with van der Waals surface area (Å²) < 4.78 is 32.5. The molecule has 0 amide bonds. The molecule has 0 radical (unpaired) electrons. The van der Waals surface area contributed by atoms with Crippen LogP contribution in [-0.2, 0) is 21.3 Å². The lowest BCUT2D eigenvalue weighted by Gasteiger charge is -2.35. The third kappa shape index (κ3) is 5.97. The number of aryl methyl sites for hydroxylation is 1. The van der Waals surface area contributed by atoms with Gasteiger partial charge in [0, 0.05) is 34.2 Å². The normalized spacial score (nSPS) is 17.4. The number of nitrogens with zero attached hydrogens (tertiary/aromatic N) is 3. The summed E-state index contributed by atoms with van der Waals surface area (Å²) in [5.74, 6) is 0.730. The SMILES string of the molecule is CN=C(NCc1ccccc1S(=O)(=O)N(C)C)N1CCOC(c2ccccc2C)C1.I. The van der Waals surface area contributed by atoms with Crippen LogP contribution in [0.1, 0.15) is 22.8 Å². The number of hydrogen-bond acceptors (Lipinski definition) is 4. The molecule has 1 aliphatic heterocycles. The Labute approximate surface area is 202 Å². The number of aliphatic imine (C=N–C) groups is 1. The van der Waals surface area contributed by atoms with Gasteiger partial charge in [-0.1, -0.05) is 42.5 Å². The lowest BCUT2D eigenvalue weighted by Crippen LogP contribution is -2.48. The minimum Gasteiger partial charge on any atom is -0.370 e. The van der Waals surface area contributed by atoms with E-state index in [0.29, 0.717) is 30.2 Å². The van der Waals surface area contributed by atoms with Crippen molar-refractivity contribution in [3.8, 4) is 0 Å². The van der Waals surface area contributed by atoms with E-state index in [4.69, 9.17) is 4.74 Å². The van der Waals surface area contributed by atoms with Crippen molar-refractivity contribution in [2.75, 3.05) is 40.8 Å². The maximum Gasteiger partial charge on any atom is 0.242 e. The van der Waals surface area contributed by atoms with E-state index < -0.39 is 10.0 Å². The van der Waals surface area contributed by atoms with Crippen LogP contribution in [-0.4, -0.2) is 64.4 Å². The average Bonchev–Trinajstić information content (AvgIpc) is 2.75. The summed E-state index contributed by atoms with van der Waals surface area (Å²) in [6.45, 7) is 4.46. The number of nitrogens with one attached hydrogen (secondary N) is 1. The zero-order valence-corrected chi connectivity index (χ0v) is 21.6. The third-order valence-electron chi connectivity index (χ3n) is 5.28. The van der Waals surface area contributed by atoms with Gasteiger partial charge in [-0.2, -0.15) is 0 Å². The number of hydrogen-bond donors (Lipinski definition) is 1. The number of halogens is 1. The summed E-state index contributed by atoms with van der Waals surface area (Å²) in [6, 6.07) is 15.3. The van der Waals surface area contributed by atoms with Crippen LogP contribution in [0.25, 0.3) is 0 Å². The van der Waals surface area contributed by atoms with E-state index >= 15 is 0 Å². The molecule has 1 atom stereocenters. The van der Waals surface area contributed by atoms with Crippen molar-refractivity contribution in [3.63, 3.8) is 0 Å². The summed E-state index contributed by atoms with van der Waals surface area (Å²) in [4.78, 5) is 6.88. The second-order valence-corrected chi connectivity index (χ2v) is 9.58. The van der Waals surface area contributed by atoms with E-state index in [1.807, 2.05) is 24.3 Å².